The number of hydrogen-bond donors (Lipinski definition) is 1. The SMILES string of the molecule is Cc1ccc(NC(=O)CN2C(=O)[C@@H]3[C@H](C2=O)C2(Cl)c4ccccc4C3(Cl)c3ccccc32)cc1Cl. The van der Waals surface area contributed by atoms with Crippen molar-refractivity contribution in [2.45, 2.75) is 16.7 Å². The number of nitrogens with one attached hydrogen (secondary N) is 1. The fraction of sp³-hybridized carbons (Fsp3) is 0.222. The van der Waals surface area contributed by atoms with Gasteiger partial charge in [0.15, 0.2) is 0 Å². The molecule has 4 aliphatic rings. The molecule has 1 heterocycles. The van der Waals surface area contributed by atoms with Crippen LogP contribution < -0.4 is 5.32 Å². The van der Waals surface area contributed by atoms with Crippen molar-refractivity contribution in [1.29, 1.82) is 0 Å². The van der Waals surface area contributed by atoms with Gasteiger partial charge in [0.25, 0.3) is 0 Å². The standard InChI is InChI=1S/C27H19Cl3N2O3/c1-14-10-11-15(12-20(14)28)31-21(33)13-32-24(34)22-23(25(32)35)27(30)17-7-3-2-6-16(17)26(22,29)18-8-4-5-9-19(18)27/h2-12,22-23H,13H2,1H3,(H,31,33)/t22-,23+,26?,27?. The van der Waals surface area contributed by atoms with E-state index in [2.05, 4.69) is 5.32 Å². The molecule has 7 rings (SSSR count). The van der Waals surface area contributed by atoms with E-state index >= 15 is 0 Å². The lowest BCUT2D eigenvalue weighted by Gasteiger charge is -2.54. The Hall–Kier alpha value is -2.86. The summed E-state index contributed by atoms with van der Waals surface area (Å²) in [6, 6.07) is 19.9. The largest absolute Gasteiger partial charge is 0.324 e. The third-order valence-corrected chi connectivity index (χ3v) is 9.13. The number of likely N-dealkylation sites (tertiary alicyclic amines) is 1. The quantitative estimate of drug-likeness (QED) is 0.378. The van der Waals surface area contributed by atoms with Crippen molar-refractivity contribution in [3.63, 3.8) is 0 Å². The smallest absolute Gasteiger partial charge is 0.244 e. The fourth-order valence-electron chi connectivity index (χ4n) is 5.90. The van der Waals surface area contributed by atoms with E-state index < -0.39 is 45.9 Å². The van der Waals surface area contributed by atoms with Gasteiger partial charge in [-0.15, -0.1) is 23.2 Å². The number of carbonyl (C=O) groups is 3. The molecule has 3 amide bonds. The molecule has 3 aliphatic carbocycles. The Morgan fingerprint density at radius 1 is 0.857 bits per heavy atom. The highest BCUT2D eigenvalue weighted by Crippen LogP contribution is 2.69. The summed E-state index contributed by atoms with van der Waals surface area (Å²) in [4.78, 5) is 38.8. The lowest BCUT2D eigenvalue weighted by molar-refractivity contribution is -0.142. The Labute approximate surface area is 217 Å². The number of carbonyl (C=O) groups excluding carboxylic acids is 3. The van der Waals surface area contributed by atoms with Crippen LogP contribution in [0.2, 0.25) is 5.02 Å². The number of halogens is 3. The van der Waals surface area contributed by atoms with Gasteiger partial charge in [-0.05, 0) is 46.9 Å². The van der Waals surface area contributed by atoms with Crippen molar-refractivity contribution in [2.24, 2.45) is 11.8 Å². The number of benzene rings is 3. The Kier molecular flexibility index (Phi) is 4.89. The molecule has 8 heteroatoms. The average molecular weight is 526 g/mol. The van der Waals surface area contributed by atoms with E-state index in [1.165, 1.54) is 0 Å². The van der Waals surface area contributed by atoms with Crippen molar-refractivity contribution in [3.05, 3.63) is 99.6 Å². The van der Waals surface area contributed by atoms with Crippen LogP contribution in [0.3, 0.4) is 0 Å². The molecule has 3 aromatic carbocycles. The molecule has 1 saturated heterocycles. The van der Waals surface area contributed by atoms with Crippen LogP contribution in [-0.2, 0) is 24.1 Å². The van der Waals surface area contributed by atoms with Gasteiger partial charge >= 0.3 is 0 Å². The van der Waals surface area contributed by atoms with E-state index in [0.29, 0.717) is 10.7 Å². The first-order valence-electron chi connectivity index (χ1n) is 11.2. The molecule has 0 unspecified atom stereocenters. The highest BCUT2D eigenvalue weighted by Gasteiger charge is 2.73. The van der Waals surface area contributed by atoms with Crippen LogP contribution >= 0.6 is 34.8 Å². The van der Waals surface area contributed by atoms with Gasteiger partial charge in [-0.1, -0.05) is 66.2 Å². The number of imide groups is 1. The van der Waals surface area contributed by atoms with Crippen molar-refractivity contribution in [2.75, 3.05) is 11.9 Å². The van der Waals surface area contributed by atoms with Crippen molar-refractivity contribution >= 4 is 58.2 Å². The van der Waals surface area contributed by atoms with Crippen molar-refractivity contribution in [1.82, 2.24) is 4.90 Å². The van der Waals surface area contributed by atoms with Gasteiger partial charge in [0.05, 0.1) is 11.8 Å². The van der Waals surface area contributed by atoms with Crippen molar-refractivity contribution < 1.29 is 14.4 Å². The Morgan fingerprint density at radius 3 is 1.74 bits per heavy atom. The highest BCUT2D eigenvalue weighted by molar-refractivity contribution is 6.36. The summed E-state index contributed by atoms with van der Waals surface area (Å²) in [7, 11) is 0. The van der Waals surface area contributed by atoms with Gasteiger partial charge in [0.2, 0.25) is 17.7 Å². The van der Waals surface area contributed by atoms with Crippen LogP contribution in [0.1, 0.15) is 27.8 Å². The second-order valence-corrected chi connectivity index (χ2v) is 10.8. The van der Waals surface area contributed by atoms with Crippen LogP contribution in [0.15, 0.2) is 66.7 Å². The Bertz CT molecular complexity index is 1330. The summed E-state index contributed by atoms with van der Waals surface area (Å²) in [5.41, 5.74) is 4.23. The predicted octanol–water partition coefficient (Wildman–Crippen LogP) is 5.18. The van der Waals surface area contributed by atoms with Gasteiger partial charge in [0.1, 0.15) is 16.3 Å². The molecule has 0 aromatic heterocycles. The maximum Gasteiger partial charge on any atom is 0.244 e. The number of anilines is 1. The topological polar surface area (TPSA) is 66.5 Å². The third kappa shape index (κ3) is 2.86. The van der Waals surface area contributed by atoms with Gasteiger partial charge in [0, 0.05) is 10.7 Å². The molecular weight excluding hydrogens is 507 g/mol. The van der Waals surface area contributed by atoms with Gasteiger partial charge in [-0.25, -0.2) is 0 Å². The second-order valence-electron chi connectivity index (χ2n) is 9.24. The van der Waals surface area contributed by atoms with E-state index in [0.717, 1.165) is 32.7 Å². The minimum atomic E-state index is -1.27. The Morgan fingerprint density at radius 2 is 1.31 bits per heavy atom. The lowest BCUT2D eigenvalue weighted by atomic mass is 9.54. The average Bonchev–Trinajstić information content (AvgIpc) is 3.10. The van der Waals surface area contributed by atoms with Gasteiger partial charge in [-0.2, -0.15) is 0 Å². The monoisotopic (exact) mass is 524 g/mol. The summed E-state index contributed by atoms with van der Waals surface area (Å²) in [5, 5.41) is 3.22. The minimum absolute atomic E-state index is 0.442. The number of aryl methyl sites for hydroxylation is 1. The van der Waals surface area contributed by atoms with E-state index in [4.69, 9.17) is 34.8 Å². The zero-order valence-corrected chi connectivity index (χ0v) is 20.8. The molecule has 3 aromatic rings. The molecule has 2 bridgehead atoms. The number of rotatable bonds is 3. The van der Waals surface area contributed by atoms with E-state index in [-0.39, 0.29) is 0 Å². The molecule has 0 spiro atoms. The maximum atomic E-state index is 13.8. The van der Waals surface area contributed by atoms with Crippen LogP contribution in [0.5, 0.6) is 0 Å². The molecule has 35 heavy (non-hydrogen) atoms. The molecule has 176 valence electrons. The number of alkyl halides is 2. The van der Waals surface area contributed by atoms with E-state index in [1.54, 1.807) is 18.2 Å². The minimum Gasteiger partial charge on any atom is -0.324 e. The van der Waals surface area contributed by atoms with Gasteiger partial charge in [-0.3, -0.25) is 19.3 Å². The predicted molar refractivity (Wildman–Crippen MR) is 135 cm³/mol. The zero-order chi connectivity index (χ0) is 24.7. The van der Waals surface area contributed by atoms with Crippen LogP contribution in [0, 0.1) is 18.8 Å². The van der Waals surface area contributed by atoms with Gasteiger partial charge < -0.3 is 5.32 Å². The van der Waals surface area contributed by atoms with Crippen LogP contribution in [-0.4, -0.2) is 29.2 Å². The molecule has 1 aliphatic heterocycles. The third-order valence-electron chi connectivity index (χ3n) is 7.43. The molecule has 1 fully saturated rings. The summed E-state index contributed by atoms with van der Waals surface area (Å²) in [6.45, 7) is 1.41. The lowest BCUT2D eigenvalue weighted by Crippen LogP contribution is -2.57. The number of hydrogen-bond acceptors (Lipinski definition) is 3. The number of nitrogens with zero attached hydrogens (tertiary/aromatic N) is 1. The molecule has 0 radical (unpaired) electrons. The molecule has 1 N–H and O–H groups in total. The summed E-state index contributed by atoms with van der Waals surface area (Å²) in [6.07, 6.45) is 0. The molecule has 2 atom stereocenters. The normalized spacial score (nSPS) is 27.9. The first kappa shape index (κ1) is 22.6. The van der Waals surface area contributed by atoms with Crippen LogP contribution in [0.4, 0.5) is 5.69 Å². The Balaban J connectivity index is 1.40. The molecular formula is C27H19Cl3N2O3. The summed E-state index contributed by atoms with van der Waals surface area (Å²) >= 11 is 20.9. The zero-order valence-electron chi connectivity index (χ0n) is 18.5. The molecule has 5 nitrogen and oxygen atoms in total. The number of amides is 3. The second kappa shape index (κ2) is 7.57. The van der Waals surface area contributed by atoms with E-state index in [1.807, 2.05) is 55.5 Å². The molecule has 0 saturated carbocycles. The highest BCUT2D eigenvalue weighted by atomic mass is 35.5. The van der Waals surface area contributed by atoms with Crippen molar-refractivity contribution in [3.8, 4) is 0 Å². The summed E-state index contributed by atoms with van der Waals surface area (Å²) in [5.74, 6) is -3.37. The fourth-order valence-corrected chi connectivity index (χ4v) is 7.17. The first-order valence-corrected chi connectivity index (χ1v) is 12.3. The first-order chi connectivity index (χ1) is 16.7. The summed E-state index contributed by atoms with van der Waals surface area (Å²) < 4.78 is 0. The van der Waals surface area contributed by atoms with E-state index in [9.17, 15) is 14.4 Å². The van der Waals surface area contributed by atoms with Crippen LogP contribution in [0.25, 0.3) is 0 Å². The maximum absolute atomic E-state index is 13.8.